The van der Waals surface area contributed by atoms with Gasteiger partial charge in [-0.3, -0.25) is 9.69 Å². The van der Waals surface area contributed by atoms with E-state index in [1.807, 2.05) is 6.92 Å². The number of hydrogen-bond acceptors (Lipinski definition) is 5. The van der Waals surface area contributed by atoms with Crippen LogP contribution in [0, 0.1) is 18.7 Å². The number of aryl methyl sites for hydroxylation is 1. The number of anilines is 1. The Bertz CT molecular complexity index is 1000. The molecule has 162 valence electrons. The van der Waals surface area contributed by atoms with E-state index in [9.17, 15) is 17.6 Å². The summed E-state index contributed by atoms with van der Waals surface area (Å²) >= 11 is 0. The highest BCUT2D eigenvalue weighted by Gasteiger charge is 2.22. The number of rotatable bonds is 7. The number of morpholine rings is 1. The minimum atomic E-state index is -3.54. The molecule has 2 aromatic rings. The molecule has 0 bridgehead atoms. The molecule has 1 amide bonds. The molecule has 8 heteroatoms. The van der Waals surface area contributed by atoms with E-state index in [4.69, 9.17) is 4.74 Å². The van der Waals surface area contributed by atoms with Crippen LogP contribution in [0.2, 0.25) is 0 Å². The Morgan fingerprint density at radius 1 is 1.20 bits per heavy atom. The number of ether oxygens (including phenoxy) is 1. The van der Waals surface area contributed by atoms with Gasteiger partial charge in [0.05, 0.1) is 23.9 Å². The number of amides is 1. The van der Waals surface area contributed by atoms with Gasteiger partial charge in [-0.05, 0) is 54.8 Å². The lowest BCUT2D eigenvalue weighted by Gasteiger charge is -2.29. The first-order chi connectivity index (χ1) is 14.2. The molecule has 1 unspecified atom stereocenters. The molecule has 1 aliphatic heterocycles. The van der Waals surface area contributed by atoms with E-state index in [0.717, 1.165) is 13.1 Å². The fraction of sp³-hybridized carbons (Fsp3) is 0.409. The van der Waals surface area contributed by atoms with Gasteiger partial charge in [0.2, 0.25) is 0 Å². The molecule has 1 N–H and O–H groups in total. The van der Waals surface area contributed by atoms with Crippen LogP contribution in [-0.2, 0) is 14.6 Å². The Kier molecular flexibility index (Phi) is 7.23. The topological polar surface area (TPSA) is 75.7 Å². The molecule has 0 aliphatic carbocycles. The zero-order valence-electron chi connectivity index (χ0n) is 17.2. The van der Waals surface area contributed by atoms with Crippen molar-refractivity contribution in [3.05, 3.63) is 59.4 Å². The Labute approximate surface area is 177 Å². The van der Waals surface area contributed by atoms with Crippen molar-refractivity contribution in [3.63, 3.8) is 0 Å². The van der Waals surface area contributed by atoms with Gasteiger partial charge in [0.25, 0.3) is 5.91 Å². The average Bonchev–Trinajstić information content (AvgIpc) is 2.71. The standard InChI is InChI=1S/C22H27FN2O4S/c1-16(14-25-8-10-29-11-9-25)15-30(27,28)20-5-3-4-18(13-20)22(26)24-19-6-7-21(23)17(2)12-19/h3-7,12-13,16H,8-11,14-15H2,1-2H3,(H,24,26). The predicted octanol–water partition coefficient (Wildman–Crippen LogP) is 3.13. The maximum absolute atomic E-state index is 13.4. The van der Waals surface area contributed by atoms with E-state index < -0.39 is 15.7 Å². The average molecular weight is 435 g/mol. The molecule has 0 aromatic heterocycles. The lowest BCUT2D eigenvalue weighted by atomic mass is 10.2. The molecule has 1 aliphatic rings. The molecule has 0 radical (unpaired) electrons. The summed E-state index contributed by atoms with van der Waals surface area (Å²) in [5.74, 6) is -0.841. The molecule has 0 saturated carbocycles. The van der Waals surface area contributed by atoms with E-state index in [1.165, 1.54) is 30.3 Å². The van der Waals surface area contributed by atoms with Crippen molar-refractivity contribution in [2.45, 2.75) is 18.7 Å². The highest BCUT2D eigenvalue weighted by atomic mass is 32.2. The molecule has 1 fully saturated rings. The molecule has 6 nitrogen and oxygen atoms in total. The monoisotopic (exact) mass is 434 g/mol. The van der Waals surface area contributed by atoms with E-state index >= 15 is 0 Å². The van der Waals surface area contributed by atoms with Gasteiger partial charge in [0, 0.05) is 30.9 Å². The van der Waals surface area contributed by atoms with Crippen molar-refractivity contribution in [1.29, 1.82) is 0 Å². The number of carbonyl (C=O) groups excluding carboxylic acids is 1. The summed E-state index contributed by atoms with van der Waals surface area (Å²) in [5, 5.41) is 2.68. The van der Waals surface area contributed by atoms with Gasteiger partial charge < -0.3 is 10.1 Å². The zero-order valence-corrected chi connectivity index (χ0v) is 18.0. The Balaban J connectivity index is 1.68. The predicted molar refractivity (Wildman–Crippen MR) is 114 cm³/mol. The minimum absolute atomic E-state index is 0.00653. The fourth-order valence-corrected chi connectivity index (χ4v) is 5.14. The highest BCUT2D eigenvalue weighted by molar-refractivity contribution is 7.91. The van der Waals surface area contributed by atoms with E-state index in [-0.39, 0.29) is 27.9 Å². The van der Waals surface area contributed by atoms with Crippen molar-refractivity contribution in [2.24, 2.45) is 5.92 Å². The number of carbonyl (C=O) groups is 1. The first-order valence-electron chi connectivity index (χ1n) is 9.95. The van der Waals surface area contributed by atoms with Crippen LogP contribution in [0.5, 0.6) is 0 Å². The van der Waals surface area contributed by atoms with Crippen LogP contribution >= 0.6 is 0 Å². The molecular weight excluding hydrogens is 407 g/mol. The van der Waals surface area contributed by atoms with Crippen LogP contribution in [0.4, 0.5) is 10.1 Å². The van der Waals surface area contributed by atoms with Crippen molar-refractivity contribution in [3.8, 4) is 0 Å². The SMILES string of the molecule is Cc1cc(NC(=O)c2cccc(S(=O)(=O)CC(C)CN3CCOCC3)c2)ccc1F. The Morgan fingerprint density at radius 2 is 1.93 bits per heavy atom. The summed E-state index contributed by atoms with van der Waals surface area (Å²) in [6.45, 7) is 7.17. The zero-order chi connectivity index (χ0) is 21.7. The van der Waals surface area contributed by atoms with Crippen LogP contribution < -0.4 is 5.32 Å². The van der Waals surface area contributed by atoms with Crippen molar-refractivity contribution < 1.29 is 22.3 Å². The number of nitrogens with one attached hydrogen (secondary N) is 1. The summed E-state index contributed by atoms with van der Waals surface area (Å²) in [6, 6.07) is 10.3. The van der Waals surface area contributed by atoms with Crippen LogP contribution in [0.25, 0.3) is 0 Å². The molecule has 1 heterocycles. The largest absolute Gasteiger partial charge is 0.379 e. The third kappa shape index (κ3) is 5.87. The third-order valence-corrected chi connectivity index (χ3v) is 7.03. The van der Waals surface area contributed by atoms with Gasteiger partial charge in [0.15, 0.2) is 9.84 Å². The lowest BCUT2D eigenvalue weighted by molar-refractivity contribution is 0.0330. The maximum atomic E-state index is 13.4. The van der Waals surface area contributed by atoms with Crippen LogP contribution in [-0.4, -0.2) is 57.8 Å². The smallest absolute Gasteiger partial charge is 0.255 e. The number of hydrogen-bond donors (Lipinski definition) is 1. The van der Waals surface area contributed by atoms with Crippen LogP contribution in [0.3, 0.4) is 0 Å². The van der Waals surface area contributed by atoms with Gasteiger partial charge in [-0.1, -0.05) is 13.0 Å². The maximum Gasteiger partial charge on any atom is 0.255 e. The summed E-state index contributed by atoms with van der Waals surface area (Å²) in [5.41, 5.74) is 1.10. The van der Waals surface area contributed by atoms with E-state index in [1.54, 1.807) is 19.1 Å². The Hall–Kier alpha value is -2.29. The van der Waals surface area contributed by atoms with Crippen molar-refractivity contribution >= 4 is 21.4 Å². The third-order valence-electron chi connectivity index (χ3n) is 5.05. The summed E-state index contributed by atoms with van der Waals surface area (Å²) < 4.78 is 44.5. The number of sulfone groups is 1. The number of halogens is 1. The molecule has 30 heavy (non-hydrogen) atoms. The molecule has 2 aromatic carbocycles. The van der Waals surface area contributed by atoms with Gasteiger partial charge >= 0.3 is 0 Å². The summed E-state index contributed by atoms with van der Waals surface area (Å²) in [6.07, 6.45) is 0. The molecule has 3 rings (SSSR count). The number of nitrogens with zero attached hydrogens (tertiary/aromatic N) is 1. The molecular formula is C22H27FN2O4S. The van der Waals surface area contributed by atoms with Crippen LogP contribution in [0.1, 0.15) is 22.8 Å². The van der Waals surface area contributed by atoms with Gasteiger partial charge in [-0.2, -0.15) is 0 Å². The van der Waals surface area contributed by atoms with Crippen LogP contribution in [0.15, 0.2) is 47.4 Å². The second kappa shape index (κ2) is 9.68. The quantitative estimate of drug-likeness (QED) is 0.725. The summed E-state index contributed by atoms with van der Waals surface area (Å²) in [7, 11) is -3.54. The molecule has 1 saturated heterocycles. The van der Waals surface area contributed by atoms with E-state index in [0.29, 0.717) is 31.0 Å². The normalized spacial score (nSPS) is 16.2. The fourth-order valence-electron chi connectivity index (χ4n) is 3.50. The summed E-state index contributed by atoms with van der Waals surface area (Å²) in [4.78, 5) is 14.9. The van der Waals surface area contributed by atoms with E-state index in [2.05, 4.69) is 10.2 Å². The lowest BCUT2D eigenvalue weighted by Crippen LogP contribution is -2.40. The molecule has 1 atom stereocenters. The highest BCUT2D eigenvalue weighted by Crippen LogP contribution is 2.19. The minimum Gasteiger partial charge on any atom is -0.379 e. The first-order valence-corrected chi connectivity index (χ1v) is 11.6. The van der Waals surface area contributed by atoms with Gasteiger partial charge in [-0.25, -0.2) is 12.8 Å². The van der Waals surface area contributed by atoms with Crippen molar-refractivity contribution in [1.82, 2.24) is 4.90 Å². The second-order valence-corrected chi connectivity index (χ2v) is 9.78. The van der Waals surface area contributed by atoms with Gasteiger partial charge in [0.1, 0.15) is 5.82 Å². The number of benzene rings is 2. The van der Waals surface area contributed by atoms with Crippen molar-refractivity contribution in [2.75, 3.05) is 43.9 Å². The van der Waals surface area contributed by atoms with Gasteiger partial charge in [-0.15, -0.1) is 0 Å². The second-order valence-electron chi connectivity index (χ2n) is 7.75. The molecule has 0 spiro atoms. The first kappa shape index (κ1) is 22.4. The Morgan fingerprint density at radius 3 is 2.63 bits per heavy atom.